The third-order valence-electron chi connectivity index (χ3n) is 9.93. The fourth-order valence-electron chi connectivity index (χ4n) is 7.64. The van der Waals surface area contributed by atoms with Gasteiger partial charge in [0.15, 0.2) is 24.9 Å². The summed E-state index contributed by atoms with van der Waals surface area (Å²) in [7, 11) is 0. The minimum atomic E-state index is -4.69. The highest BCUT2D eigenvalue weighted by molar-refractivity contribution is 5.82. The lowest BCUT2D eigenvalue weighted by Crippen LogP contribution is -2.70. The van der Waals surface area contributed by atoms with Gasteiger partial charge >= 0.3 is 11.8 Å². The van der Waals surface area contributed by atoms with Gasteiger partial charge in [0.05, 0.1) is 24.1 Å². The first-order valence-corrected chi connectivity index (χ1v) is 15.4. The van der Waals surface area contributed by atoms with E-state index in [-0.39, 0.29) is 35.3 Å². The quantitative estimate of drug-likeness (QED) is 0.176. The van der Waals surface area contributed by atoms with Gasteiger partial charge in [-0.25, -0.2) is 19.3 Å². The van der Waals surface area contributed by atoms with Gasteiger partial charge in [-0.2, -0.15) is 13.2 Å². The highest BCUT2D eigenvalue weighted by atomic mass is 19.4. The zero-order valence-corrected chi connectivity index (χ0v) is 25.2. The minimum Gasteiger partial charge on any atom is -0.471 e. The molecule has 1 aromatic carbocycles. The van der Waals surface area contributed by atoms with Crippen molar-refractivity contribution in [1.29, 1.82) is 0 Å². The Hall–Kier alpha value is -3.04. The molecule has 14 heteroatoms. The third kappa shape index (κ3) is 5.54. The Kier molecular flexibility index (Phi) is 7.71. The van der Waals surface area contributed by atoms with Crippen LogP contribution in [0.4, 0.5) is 13.2 Å². The Bertz CT molecular complexity index is 1610. The second kappa shape index (κ2) is 11.3. The number of rotatable bonds is 8. The Morgan fingerprint density at radius 2 is 1.96 bits per heavy atom. The summed E-state index contributed by atoms with van der Waals surface area (Å²) in [5.74, 6) is 0.450. The van der Waals surface area contributed by atoms with Crippen LogP contribution < -0.4 is 10.4 Å². The molecular weight excluding hydrogens is 599 g/mol. The molecular formula is C31H36F3N3O8. The fourth-order valence-corrected chi connectivity index (χ4v) is 7.64. The Morgan fingerprint density at radius 3 is 2.78 bits per heavy atom. The number of fused-ring (bicyclic) bond motifs is 3. The summed E-state index contributed by atoms with van der Waals surface area (Å²) in [6, 6.07) is 4.27. The number of aryl methyl sites for hydroxylation is 1. The van der Waals surface area contributed by atoms with Crippen LogP contribution in [0.15, 0.2) is 39.7 Å². The number of alkyl halides is 3. The molecule has 244 valence electrons. The number of nitrogens with zero attached hydrogens (tertiary/aromatic N) is 3. The molecule has 5 fully saturated rings. The summed E-state index contributed by atoms with van der Waals surface area (Å²) in [5.41, 5.74) is -2.27. The van der Waals surface area contributed by atoms with Gasteiger partial charge in [-0.1, -0.05) is 19.1 Å². The van der Waals surface area contributed by atoms with E-state index in [0.717, 1.165) is 31.4 Å². The van der Waals surface area contributed by atoms with Crippen molar-refractivity contribution in [2.45, 2.75) is 96.2 Å². The van der Waals surface area contributed by atoms with Gasteiger partial charge in [0.25, 0.3) is 0 Å². The molecule has 0 unspecified atom stereocenters. The maximum atomic E-state index is 13.3. The molecule has 3 aromatic rings. The van der Waals surface area contributed by atoms with Crippen LogP contribution in [0.3, 0.4) is 0 Å². The van der Waals surface area contributed by atoms with E-state index in [9.17, 15) is 18.0 Å². The molecule has 8 atom stereocenters. The van der Waals surface area contributed by atoms with E-state index in [1.165, 1.54) is 22.9 Å². The van der Waals surface area contributed by atoms with E-state index in [0.29, 0.717) is 37.4 Å². The van der Waals surface area contributed by atoms with E-state index in [1.807, 2.05) is 6.92 Å². The van der Waals surface area contributed by atoms with Gasteiger partial charge < -0.3 is 23.4 Å². The summed E-state index contributed by atoms with van der Waals surface area (Å²) in [6.45, 7) is 6.74. The normalized spacial score (nSPS) is 34.4. The van der Waals surface area contributed by atoms with Crippen molar-refractivity contribution >= 4 is 11.0 Å². The lowest BCUT2D eigenvalue weighted by Gasteiger charge is -2.60. The summed E-state index contributed by atoms with van der Waals surface area (Å²) < 4.78 is 71.1. The topological polar surface area (TPSA) is 116 Å². The second-order valence-corrected chi connectivity index (χ2v) is 12.9. The molecule has 45 heavy (non-hydrogen) atoms. The third-order valence-corrected chi connectivity index (χ3v) is 9.93. The summed E-state index contributed by atoms with van der Waals surface area (Å²) in [6.07, 6.45) is 1.17. The smallest absolute Gasteiger partial charge is 0.417 e. The maximum Gasteiger partial charge on any atom is 0.417 e. The number of benzene rings is 1. The highest BCUT2D eigenvalue weighted by Crippen LogP contribution is 2.60. The number of aromatic nitrogens is 3. The average Bonchev–Trinajstić information content (AvgIpc) is 3.33. The van der Waals surface area contributed by atoms with Gasteiger partial charge in [-0.05, 0) is 63.0 Å². The monoisotopic (exact) mass is 635 g/mol. The van der Waals surface area contributed by atoms with Gasteiger partial charge in [0.1, 0.15) is 11.3 Å². The Morgan fingerprint density at radius 1 is 1.11 bits per heavy atom. The predicted molar refractivity (Wildman–Crippen MR) is 149 cm³/mol. The van der Waals surface area contributed by atoms with Crippen LogP contribution in [0.2, 0.25) is 0 Å². The van der Waals surface area contributed by atoms with Crippen LogP contribution in [-0.2, 0) is 43.3 Å². The van der Waals surface area contributed by atoms with Gasteiger partial charge in [0, 0.05) is 35.8 Å². The van der Waals surface area contributed by atoms with Gasteiger partial charge in [-0.15, -0.1) is 5.10 Å². The van der Waals surface area contributed by atoms with E-state index < -0.39 is 41.3 Å². The predicted octanol–water partition coefficient (Wildman–Crippen LogP) is 5.60. The Labute approximate surface area is 256 Å². The molecule has 8 rings (SSSR count). The first-order chi connectivity index (χ1) is 21.4. The van der Waals surface area contributed by atoms with Crippen molar-refractivity contribution in [1.82, 2.24) is 15.0 Å². The standard InChI is InChI=1S/C31H36F3N3O8/c1-17-6-9-23-18(2)27(42-28-30(23)22(17)10-11-29(3,43-28)44-45-30)39-12-4-5-19-15-37(36-35-19)16-40-20-7-8-21-24(31(32,33)34)14-26(38)41-25(21)13-20/h7-8,13-15,17-18,22-23,27-28H,4-6,9-12,16H2,1-3H3/t17-,18-,22+,23+,27+,28-,29-,30-/m1/s1. The summed E-state index contributed by atoms with van der Waals surface area (Å²) in [4.78, 5) is 23.7. The molecule has 0 amide bonds. The minimum absolute atomic E-state index is 0.0412. The molecule has 5 aliphatic rings. The second-order valence-electron chi connectivity index (χ2n) is 12.9. The SMILES string of the molecule is C[C@H]1[C@@H](OCCCc2cn(COc3ccc4c(C(F)(F)F)cc(=O)oc4c3)nn2)O[C@@H]2O[C@@]3(C)CC[C@H]4[C@H](C)CC[C@@H]1[C@@]24OO3. The van der Waals surface area contributed by atoms with E-state index in [2.05, 4.69) is 24.2 Å². The molecule has 1 aliphatic carbocycles. The molecule has 6 heterocycles. The van der Waals surface area contributed by atoms with Crippen LogP contribution in [0.1, 0.15) is 64.1 Å². The number of hydrogen-bond donors (Lipinski definition) is 0. The molecule has 11 nitrogen and oxygen atoms in total. The van der Waals surface area contributed by atoms with Crippen LogP contribution in [-0.4, -0.2) is 45.6 Å². The number of hydrogen-bond acceptors (Lipinski definition) is 10. The largest absolute Gasteiger partial charge is 0.471 e. The average molecular weight is 636 g/mol. The first kappa shape index (κ1) is 30.6. The number of ether oxygens (including phenoxy) is 4. The van der Waals surface area contributed by atoms with E-state index >= 15 is 0 Å². The zero-order chi connectivity index (χ0) is 31.6. The van der Waals surface area contributed by atoms with Crippen molar-refractivity contribution in [3.05, 3.63) is 52.1 Å². The fraction of sp³-hybridized carbons (Fsp3) is 0.645. The van der Waals surface area contributed by atoms with Crippen molar-refractivity contribution in [3.63, 3.8) is 0 Å². The zero-order valence-electron chi connectivity index (χ0n) is 25.2. The molecule has 1 spiro atoms. The maximum absolute atomic E-state index is 13.3. The molecule has 0 radical (unpaired) electrons. The van der Waals surface area contributed by atoms with Crippen molar-refractivity contribution < 1.29 is 46.3 Å². The lowest BCUT2D eigenvalue weighted by molar-refractivity contribution is -0.577. The van der Waals surface area contributed by atoms with Crippen molar-refractivity contribution in [2.75, 3.05) is 6.61 Å². The van der Waals surface area contributed by atoms with Crippen LogP contribution in [0.25, 0.3) is 11.0 Å². The van der Waals surface area contributed by atoms with Crippen LogP contribution in [0, 0.1) is 23.7 Å². The summed E-state index contributed by atoms with van der Waals surface area (Å²) >= 11 is 0. The van der Waals surface area contributed by atoms with Gasteiger partial charge in [-0.3, -0.25) is 0 Å². The first-order valence-electron chi connectivity index (χ1n) is 15.4. The van der Waals surface area contributed by atoms with Crippen molar-refractivity contribution in [2.24, 2.45) is 23.7 Å². The van der Waals surface area contributed by atoms with E-state index in [4.69, 9.17) is 33.1 Å². The van der Waals surface area contributed by atoms with Gasteiger partial charge in [0.2, 0.25) is 5.79 Å². The Balaban J connectivity index is 0.930. The van der Waals surface area contributed by atoms with Crippen molar-refractivity contribution in [3.8, 4) is 5.75 Å². The molecule has 0 N–H and O–H groups in total. The molecule has 4 saturated heterocycles. The van der Waals surface area contributed by atoms with Crippen LogP contribution in [0.5, 0.6) is 5.75 Å². The van der Waals surface area contributed by atoms with E-state index in [1.54, 1.807) is 6.20 Å². The molecule has 1 saturated carbocycles. The molecule has 2 aromatic heterocycles. The van der Waals surface area contributed by atoms with Crippen LogP contribution >= 0.6 is 0 Å². The highest BCUT2D eigenvalue weighted by Gasteiger charge is 2.69. The molecule has 4 aliphatic heterocycles. The lowest BCUT2D eigenvalue weighted by atomic mass is 9.58. The molecule has 2 bridgehead atoms. The summed E-state index contributed by atoms with van der Waals surface area (Å²) in [5, 5.41) is 8.03. The number of halogens is 3.